The van der Waals surface area contributed by atoms with Crippen LogP contribution in [0.15, 0.2) is 22.8 Å². The molecule has 1 N–H and O–H groups in total. The molecule has 1 aliphatic heterocycles. The molecule has 1 saturated heterocycles. The molecule has 0 amide bonds. The number of ether oxygens (including phenoxy) is 1. The third-order valence-electron chi connectivity index (χ3n) is 6.63. The van der Waals surface area contributed by atoms with E-state index >= 15 is 0 Å². The van der Waals surface area contributed by atoms with Crippen LogP contribution in [-0.4, -0.2) is 30.7 Å². The summed E-state index contributed by atoms with van der Waals surface area (Å²) in [5, 5.41) is 4.33. The number of halogens is 2. The Balaban J connectivity index is 1.92. The van der Waals surface area contributed by atoms with Gasteiger partial charge in [0, 0.05) is 12.1 Å². The summed E-state index contributed by atoms with van der Waals surface area (Å²) in [6, 6.07) is 0. The average molecular weight is 358 g/mol. The van der Waals surface area contributed by atoms with Gasteiger partial charge in [0.05, 0.1) is 10.5 Å². The van der Waals surface area contributed by atoms with Gasteiger partial charge in [-0.25, -0.2) is 0 Å². The van der Waals surface area contributed by atoms with Crippen molar-refractivity contribution in [3.63, 3.8) is 0 Å². The summed E-state index contributed by atoms with van der Waals surface area (Å²) < 4.78 is 5.79. The van der Waals surface area contributed by atoms with Crippen LogP contribution in [0, 0.1) is 11.3 Å². The van der Waals surface area contributed by atoms with Crippen molar-refractivity contribution in [2.45, 2.75) is 62.8 Å². The second kappa shape index (κ2) is 6.37. The van der Waals surface area contributed by atoms with Crippen LogP contribution in [0.3, 0.4) is 0 Å². The lowest BCUT2D eigenvalue weighted by molar-refractivity contribution is -0.0569. The van der Waals surface area contributed by atoms with Gasteiger partial charge in [-0.15, -0.1) is 11.6 Å². The van der Waals surface area contributed by atoms with Crippen molar-refractivity contribution in [3.8, 4) is 0 Å². The number of allylic oxidation sites excluding steroid dienone is 4. The van der Waals surface area contributed by atoms with Crippen molar-refractivity contribution < 1.29 is 4.74 Å². The Morgan fingerprint density at radius 3 is 2.39 bits per heavy atom. The van der Waals surface area contributed by atoms with E-state index in [4.69, 9.17) is 27.9 Å². The molecule has 1 heterocycles. The van der Waals surface area contributed by atoms with E-state index in [-0.39, 0.29) is 11.0 Å². The van der Waals surface area contributed by atoms with Gasteiger partial charge in [0.1, 0.15) is 0 Å². The molecule has 0 aromatic carbocycles. The maximum Gasteiger partial charge on any atom is 0.0810 e. The molecule has 0 aromatic rings. The summed E-state index contributed by atoms with van der Waals surface area (Å²) in [5.74, 6) is 0.702. The Kier molecular flexibility index (Phi) is 4.93. The Hall–Kier alpha value is -0.0200. The van der Waals surface area contributed by atoms with Crippen molar-refractivity contribution in [3.05, 3.63) is 22.8 Å². The zero-order valence-corrected chi connectivity index (χ0v) is 16.1. The van der Waals surface area contributed by atoms with Crippen LogP contribution < -0.4 is 5.32 Å². The number of nitrogens with one attached hydrogen (secondary N) is 1. The van der Waals surface area contributed by atoms with Gasteiger partial charge in [-0.05, 0) is 82.9 Å². The molecule has 2 nitrogen and oxygen atoms in total. The van der Waals surface area contributed by atoms with E-state index in [1.54, 1.807) is 0 Å². The van der Waals surface area contributed by atoms with Crippen molar-refractivity contribution in [2.75, 3.05) is 20.2 Å². The van der Waals surface area contributed by atoms with Crippen LogP contribution >= 0.6 is 23.2 Å². The van der Waals surface area contributed by atoms with E-state index in [1.165, 1.54) is 24.8 Å². The molecule has 23 heavy (non-hydrogen) atoms. The Morgan fingerprint density at radius 2 is 1.87 bits per heavy atom. The Labute approximate surface area is 150 Å². The van der Waals surface area contributed by atoms with Gasteiger partial charge < -0.3 is 10.1 Å². The molecule has 0 unspecified atom stereocenters. The summed E-state index contributed by atoms with van der Waals surface area (Å²) in [7, 11) is 1.85. The molecule has 0 aromatic heterocycles. The highest BCUT2D eigenvalue weighted by Gasteiger charge is 2.49. The zero-order valence-electron chi connectivity index (χ0n) is 14.6. The van der Waals surface area contributed by atoms with Gasteiger partial charge in [-0.1, -0.05) is 23.3 Å². The summed E-state index contributed by atoms with van der Waals surface area (Å²) in [6.07, 6.45) is 11.0. The van der Waals surface area contributed by atoms with Crippen LogP contribution in [0.5, 0.6) is 0 Å². The molecule has 2 fully saturated rings. The smallest absolute Gasteiger partial charge is 0.0810 e. The van der Waals surface area contributed by atoms with E-state index in [1.807, 2.05) is 20.1 Å². The maximum atomic E-state index is 6.71. The Morgan fingerprint density at radius 1 is 1.17 bits per heavy atom. The van der Waals surface area contributed by atoms with Crippen molar-refractivity contribution in [2.24, 2.45) is 11.3 Å². The molecular weight excluding hydrogens is 329 g/mol. The first-order valence-corrected chi connectivity index (χ1v) is 9.59. The minimum absolute atomic E-state index is 0.0303. The van der Waals surface area contributed by atoms with E-state index in [9.17, 15) is 0 Å². The fourth-order valence-corrected chi connectivity index (χ4v) is 5.07. The van der Waals surface area contributed by atoms with Crippen molar-refractivity contribution in [1.29, 1.82) is 0 Å². The monoisotopic (exact) mass is 357 g/mol. The summed E-state index contributed by atoms with van der Waals surface area (Å²) in [6.45, 7) is 6.55. The van der Waals surface area contributed by atoms with Gasteiger partial charge in [0.25, 0.3) is 0 Å². The minimum atomic E-state index is -0.452. The molecule has 3 aliphatic rings. The van der Waals surface area contributed by atoms with Gasteiger partial charge >= 0.3 is 0 Å². The quantitative estimate of drug-likeness (QED) is 0.716. The fourth-order valence-electron chi connectivity index (χ4n) is 4.74. The number of methoxy groups -OCH3 is 1. The van der Waals surface area contributed by atoms with E-state index in [2.05, 4.69) is 18.3 Å². The molecule has 130 valence electrons. The highest BCUT2D eigenvalue weighted by atomic mass is 35.5. The molecule has 3 rings (SSSR count). The highest BCUT2D eigenvalue weighted by molar-refractivity contribution is 6.39. The van der Waals surface area contributed by atoms with Crippen molar-refractivity contribution in [1.82, 2.24) is 5.32 Å². The van der Waals surface area contributed by atoms with Gasteiger partial charge in [-0.2, -0.15) is 0 Å². The number of rotatable bonds is 3. The summed E-state index contributed by atoms with van der Waals surface area (Å²) in [4.78, 5) is -0.452. The lowest BCUT2D eigenvalue weighted by atomic mass is 9.57. The second-order valence-electron chi connectivity index (χ2n) is 8.08. The van der Waals surface area contributed by atoms with E-state index in [0.29, 0.717) is 5.92 Å². The van der Waals surface area contributed by atoms with Crippen molar-refractivity contribution >= 4 is 23.2 Å². The first kappa shape index (κ1) is 17.8. The predicted octanol–water partition coefficient (Wildman–Crippen LogP) is 5.01. The molecular formula is C19H29Cl2NO. The van der Waals surface area contributed by atoms with Crippen LogP contribution in [0.1, 0.15) is 52.4 Å². The van der Waals surface area contributed by atoms with Gasteiger partial charge in [0.2, 0.25) is 0 Å². The highest BCUT2D eigenvalue weighted by Crippen LogP contribution is 2.56. The second-order valence-corrected chi connectivity index (χ2v) is 9.32. The van der Waals surface area contributed by atoms with Crippen LogP contribution in [0.4, 0.5) is 0 Å². The summed E-state index contributed by atoms with van der Waals surface area (Å²) >= 11 is 13.0. The fraction of sp³-hybridized carbons (Fsp3) is 0.789. The van der Waals surface area contributed by atoms with Gasteiger partial charge in [0.15, 0.2) is 0 Å². The lowest BCUT2D eigenvalue weighted by Gasteiger charge is -2.50. The van der Waals surface area contributed by atoms with Crippen LogP contribution in [0.25, 0.3) is 0 Å². The molecule has 2 aliphatic carbocycles. The zero-order chi connectivity index (χ0) is 16.7. The first-order chi connectivity index (χ1) is 10.8. The number of hydrogen-bond acceptors (Lipinski definition) is 2. The topological polar surface area (TPSA) is 21.3 Å². The van der Waals surface area contributed by atoms with E-state index in [0.717, 1.165) is 37.4 Å². The minimum Gasteiger partial charge on any atom is -0.379 e. The molecule has 2 atom stereocenters. The van der Waals surface area contributed by atoms with Crippen LogP contribution in [0.2, 0.25) is 0 Å². The third kappa shape index (κ3) is 3.25. The number of alkyl halides is 1. The third-order valence-corrected chi connectivity index (χ3v) is 7.60. The Bertz CT molecular complexity index is 509. The predicted molar refractivity (Wildman–Crippen MR) is 98.2 cm³/mol. The summed E-state index contributed by atoms with van der Waals surface area (Å²) in [5.41, 5.74) is 1.79. The molecule has 1 saturated carbocycles. The molecule has 0 radical (unpaired) electrons. The molecule has 4 heteroatoms. The van der Waals surface area contributed by atoms with E-state index < -0.39 is 4.87 Å². The largest absolute Gasteiger partial charge is 0.379 e. The normalized spacial score (nSPS) is 44.8. The van der Waals surface area contributed by atoms with Crippen LogP contribution in [-0.2, 0) is 4.74 Å². The standard InChI is InChI=1S/C19H29Cl2NO/c1-17(23-3)7-9-19(10-8-17,15-6-11-22-13-15)14-4-5-16(20)18(2,21)12-14/h4-5,15,22H,6-13H2,1-3H3/t15-,17-,18-,19+/m1/s1. The molecule has 0 spiro atoms. The lowest BCUT2D eigenvalue weighted by Crippen LogP contribution is -2.45. The molecule has 0 bridgehead atoms. The van der Waals surface area contributed by atoms with Gasteiger partial charge in [-0.3, -0.25) is 0 Å². The number of hydrogen-bond donors (Lipinski definition) is 1. The SMILES string of the molecule is CO[C@]1(C)CC[C@](C2=CC=C(Cl)[C@](C)(Cl)C2)([C@@H]2CCNC2)CC1. The average Bonchev–Trinajstić information content (AvgIpc) is 3.06. The maximum absolute atomic E-state index is 6.71. The first-order valence-electron chi connectivity index (χ1n) is 8.83.